The van der Waals surface area contributed by atoms with Crippen LogP contribution < -0.4 is 5.32 Å². The quantitative estimate of drug-likeness (QED) is 0.849. The zero-order valence-electron chi connectivity index (χ0n) is 13.4. The van der Waals surface area contributed by atoms with Gasteiger partial charge in [0, 0.05) is 18.6 Å². The van der Waals surface area contributed by atoms with Crippen LogP contribution in [-0.2, 0) is 6.42 Å². The topological polar surface area (TPSA) is 15.3 Å². The first kappa shape index (κ1) is 15.5. The van der Waals surface area contributed by atoms with E-state index >= 15 is 0 Å². The minimum absolute atomic E-state index is 0.452. The monoisotopic (exact) mass is 274 g/mol. The van der Waals surface area contributed by atoms with E-state index in [0.29, 0.717) is 6.04 Å². The molecule has 0 radical (unpaired) electrons. The summed E-state index contributed by atoms with van der Waals surface area (Å²) in [5.41, 5.74) is 2.85. The molecular weight excluding hydrogens is 244 g/mol. The fraction of sp³-hybridized carbons (Fsp3) is 0.667. The maximum atomic E-state index is 3.51. The van der Waals surface area contributed by atoms with E-state index in [0.717, 1.165) is 19.0 Å². The van der Waals surface area contributed by atoms with Crippen molar-refractivity contribution in [1.82, 2.24) is 10.2 Å². The summed E-state index contributed by atoms with van der Waals surface area (Å²) in [4.78, 5) is 2.69. The van der Waals surface area contributed by atoms with Crippen LogP contribution in [0.15, 0.2) is 24.3 Å². The van der Waals surface area contributed by atoms with E-state index in [1.165, 1.54) is 43.4 Å². The molecule has 1 N–H and O–H groups in total. The Balaban J connectivity index is 2.03. The minimum atomic E-state index is 0.452. The van der Waals surface area contributed by atoms with Gasteiger partial charge in [-0.2, -0.15) is 0 Å². The van der Waals surface area contributed by atoms with Crippen LogP contribution in [0.4, 0.5) is 0 Å². The molecule has 20 heavy (non-hydrogen) atoms. The van der Waals surface area contributed by atoms with Crippen molar-refractivity contribution in [3.8, 4) is 0 Å². The van der Waals surface area contributed by atoms with Gasteiger partial charge in [0.05, 0.1) is 0 Å². The molecule has 112 valence electrons. The predicted molar refractivity (Wildman–Crippen MR) is 87.1 cm³/mol. The molecule has 1 aliphatic heterocycles. The summed E-state index contributed by atoms with van der Waals surface area (Å²) in [6.07, 6.45) is 6.55. The van der Waals surface area contributed by atoms with Gasteiger partial charge in [0.25, 0.3) is 0 Å². The summed E-state index contributed by atoms with van der Waals surface area (Å²) in [5.74, 6) is 0. The summed E-state index contributed by atoms with van der Waals surface area (Å²) in [7, 11) is 2.09. The third-order valence-electron chi connectivity index (χ3n) is 4.78. The molecule has 0 saturated carbocycles. The van der Waals surface area contributed by atoms with Crippen molar-refractivity contribution in [2.75, 3.05) is 20.1 Å². The Bertz CT molecular complexity index is 385. The summed E-state index contributed by atoms with van der Waals surface area (Å²) < 4.78 is 0. The molecule has 2 rings (SSSR count). The Labute approximate surface area is 124 Å². The van der Waals surface area contributed by atoms with E-state index in [-0.39, 0.29) is 0 Å². The van der Waals surface area contributed by atoms with Gasteiger partial charge in [0.1, 0.15) is 0 Å². The fourth-order valence-electron chi connectivity index (χ4n) is 3.35. The Morgan fingerprint density at radius 1 is 1.20 bits per heavy atom. The Kier molecular flexibility index (Phi) is 6.06. The largest absolute Gasteiger partial charge is 0.312 e. The number of piperidine rings is 1. The van der Waals surface area contributed by atoms with E-state index in [1.54, 1.807) is 0 Å². The molecule has 1 aromatic rings. The third-order valence-corrected chi connectivity index (χ3v) is 4.78. The van der Waals surface area contributed by atoms with E-state index in [1.807, 2.05) is 0 Å². The van der Waals surface area contributed by atoms with Crippen LogP contribution in [0.3, 0.4) is 0 Å². The highest BCUT2D eigenvalue weighted by Gasteiger charge is 2.23. The lowest BCUT2D eigenvalue weighted by Crippen LogP contribution is -2.43. The van der Waals surface area contributed by atoms with Crippen molar-refractivity contribution in [3.63, 3.8) is 0 Å². The normalized spacial score (nSPS) is 21.9. The molecule has 1 fully saturated rings. The molecule has 0 bridgehead atoms. The number of hydrogen-bond donors (Lipinski definition) is 1. The first-order valence-electron chi connectivity index (χ1n) is 8.28. The van der Waals surface area contributed by atoms with Gasteiger partial charge in [-0.3, -0.25) is 4.90 Å². The van der Waals surface area contributed by atoms with E-state index in [2.05, 4.69) is 55.4 Å². The number of nitrogens with zero attached hydrogens (tertiary/aromatic N) is 1. The minimum Gasteiger partial charge on any atom is -0.312 e. The lowest BCUT2D eigenvalue weighted by Gasteiger charge is -2.37. The second-order valence-corrected chi connectivity index (χ2v) is 5.99. The Morgan fingerprint density at radius 3 is 2.55 bits per heavy atom. The molecule has 1 heterocycles. The summed E-state index contributed by atoms with van der Waals surface area (Å²) in [6.45, 7) is 6.95. The first-order chi connectivity index (χ1) is 9.78. The highest BCUT2D eigenvalue weighted by Crippen LogP contribution is 2.23. The smallest absolute Gasteiger partial charge is 0.0446 e. The molecular formula is C18H30N2. The molecule has 0 aliphatic carbocycles. The predicted octanol–water partition coefficient (Wildman–Crippen LogP) is 3.77. The van der Waals surface area contributed by atoms with Gasteiger partial charge < -0.3 is 5.32 Å². The Hall–Kier alpha value is -0.860. The molecule has 0 spiro atoms. The number of likely N-dealkylation sites (N-methyl/N-ethyl adjacent to an activating group) is 1. The number of nitrogens with one attached hydrogen (secondary N) is 1. The standard InChI is InChI=1S/C18H30N2/c1-4-15-9-11-16(12-10-15)18(19-3)14-20-13-7-6-8-17(20)5-2/h9-12,17-19H,4-8,13-14H2,1-3H3. The van der Waals surface area contributed by atoms with Crippen molar-refractivity contribution in [1.29, 1.82) is 0 Å². The van der Waals surface area contributed by atoms with Gasteiger partial charge in [-0.25, -0.2) is 0 Å². The van der Waals surface area contributed by atoms with Crippen molar-refractivity contribution in [2.24, 2.45) is 0 Å². The summed E-state index contributed by atoms with van der Waals surface area (Å²) in [5, 5.41) is 3.51. The van der Waals surface area contributed by atoms with Crippen LogP contribution in [0.2, 0.25) is 0 Å². The zero-order valence-corrected chi connectivity index (χ0v) is 13.4. The third kappa shape index (κ3) is 3.83. The molecule has 2 nitrogen and oxygen atoms in total. The SMILES string of the molecule is CCc1ccc(C(CN2CCCCC2CC)NC)cc1. The maximum Gasteiger partial charge on any atom is 0.0446 e. The lowest BCUT2D eigenvalue weighted by molar-refractivity contribution is 0.130. The molecule has 2 heteroatoms. The Morgan fingerprint density at radius 2 is 1.95 bits per heavy atom. The van der Waals surface area contributed by atoms with Gasteiger partial charge in [-0.05, 0) is 50.4 Å². The zero-order chi connectivity index (χ0) is 14.4. The van der Waals surface area contributed by atoms with Crippen molar-refractivity contribution in [3.05, 3.63) is 35.4 Å². The van der Waals surface area contributed by atoms with Crippen LogP contribution in [0.5, 0.6) is 0 Å². The summed E-state index contributed by atoms with van der Waals surface area (Å²) >= 11 is 0. The highest BCUT2D eigenvalue weighted by atomic mass is 15.2. The van der Waals surface area contributed by atoms with E-state index < -0.39 is 0 Å². The number of aryl methyl sites for hydroxylation is 1. The fourth-order valence-corrected chi connectivity index (χ4v) is 3.35. The number of rotatable bonds is 6. The number of likely N-dealkylation sites (tertiary alicyclic amines) is 1. The average Bonchev–Trinajstić information content (AvgIpc) is 2.53. The molecule has 0 aromatic heterocycles. The van der Waals surface area contributed by atoms with Gasteiger partial charge in [-0.1, -0.05) is 44.5 Å². The first-order valence-corrected chi connectivity index (χ1v) is 8.28. The summed E-state index contributed by atoms with van der Waals surface area (Å²) in [6, 6.07) is 10.4. The number of hydrogen-bond acceptors (Lipinski definition) is 2. The van der Waals surface area contributed by atoms with Crippen LogP contribution in [0.25, 0.3) is 0 Å². The molecule has 1 saturated heterocycles. The lowest BCUT2D eigenvalue weighted by atomic mass is 9.97. The van der Waals surface area contributed by atoms with Crippen LogP contribution >= 0.6 is 0 Å². The van der Waals surface area contributed by atoms with Crippen LogP contribution in [0.1, 0.15) is 56.7 Å². The van der Waals surface area contributed by atoms with Crippen molar-refractivity contribution < 1.29 is 0 Å². The number of benzene rings is 1. The maximum absolute atomic E-state index is 3.51. The molecule has 2 atom stereocenters. The molecule has 0 amide bonds. The van der Waals surface area contributed by atoms with Gasteiger partial charge in [0.2, 0.25) is 0 Å². The van der Waals surface area contributed by atoms with E-state index in [4.69, 9.17) is 0 Å². The second kappa shape index (κ2) is 7.80. The van der Waals surface area contributed by atoms with Crippen LogP contribution in [-0.4, -0.2) is 31.1 Å². The van der Waals surface area contributed by atoms with Crippen LogP contribution in [0, 0.1) is 0 Å². The van der Waals surface area contributed by atoms with Gasteiger partial charge in [-0.15, -0.1) is 0 Å². The van der Waals surface area contributed by atoms with Crippen molar-refractivity contribution in [2.45, 2.75) is 58.0 Å². The second-order valence-electron chi connectivity index (χ2n) is 5.99. The van der Waals surface area contributed by atoms with Gasteiger partial charge >= 0.3 is 0 Å². The van der Waals surface area contributed by atoms with Crippen molar-refractivity contribution >= 4 is 0 Å². The van der Waals surface area contributed by atoms with E-state index in [9.17, 15) is 0 Å². The molecule has 1 aliphatic rings. The molecule has 1 aromatic carbocycles. The molecule has 2 unspecified atom stereocenters. The average molecular weight is 274 g/mol. The van der Waals surface area contributed by atoms with Gasteiger partial charge in [0.15, 0.2) is 0 Å². The highest BCUT2D eigenvalue weighted by molar-refractivity contribution is 5.25.